The summed E-state index contributed by atoms with van der Waals surface area (Å²) in [6.07, 6.45) is 1.93. The van der Waals surface area contributed by atoms with Crippen LogP contribution >= 0.6 is 0 Å². The average molecular weight is 503 g/mol. The lowest BCUT2D eigenvalue weighted by molar-refractivity contribution is 0.880. The molecular formula is C37H30N2. The molecule has 0 aromatic heterocycles. The van der Waals surface area contributed by atoms with E-state index in [0.29, 0.717) is 0 Å². The first-order valence-corrected chi connectivity index (χ1v) is 13.7. The molecule has 0 heterocycles. The molecule has 7 rings (SSSR count). The van der Waals surface area contributed by atoms with Gasteiger partial charge in [-0.2, -0.15) is 0 Å². The second-order valence-corrected chi connectivity index (χ2v) is 10.4. The van der Waals surface area contributed by atoms with Gasteiger partial charge in [-0.3, -0.25) is 0 Å². The predicted molar refractivity (Wildman–Crippen MR) is 168 cm³/mol. The molecule has 0 unspecified atom stereocenters. The Bertz CT molecular complexity index is 1900. The van der Waals surface area contributed by atoms with Crippen LogP contribution in [0.3, 0.4) is 0 Å². The van der Waals surface area contributed by atoms with Gasteiger partial charge in [0, 0.05) is 11.4 Å². The van der Waals surface area contributed by atoms with Gasteiger partial charge in [0.1, 0.15) is 0 Å². The van der Waals surface area contributed by atoms with E-state index >= 15 is 0 Å². The molecule has 0 saturated heterocycles. The molecule has 0 spiro atoms. The molecule has 0 fully saturated rings. The Morgan fingerprint density at radius 3 is 2.21 bits per heavy atom. The van der Waals surface area contributed by atoms with Crippen molar-refractivity contribution in [1.82, 2.24) is 0 Å². The minimum absolute atomic E-state index is 0.749. The SMILES string of the molecule is C=C(CCC)N(c1ccc(-c2ccc3c4c(cccc24)-c2ccc4ccccc4c2-3)cc1)c1ccccc1N. The predicted octanol–water partition coefficient (Wildman–Crippen LogP) is 10.3. The van der Waals surface area contributed by atoms with Crippen LogP contribution in [-0.4, -0.2) is 0 Å². The van der Waals surface area contributed by atoms with E-state index in [1.165, 1.54) is 54.9 Å². The molecule has 188 valence electrons. The van der Waals surface area contributed by atoms with Gasteiger partial charge in [0.15, 0.2) is 0 Å². The van der Waals surface area contributed by atoms with E-state index in [4.69, 9.17) is 5.73 Å². The Hall–Kier alpha value is -4.82. The molecule has 0 atom stereocenters. The van der Waals surface area contributed by atoms with Crippen molar-refractivity contribution in [2.75, 3.05) is 10.6 Å². The van der Waals surface area contributed by atoms with E-state index in [9.17, 15) is 0 Å². The number of hydrogen-bond acceptors (Lipinski definition) is 2. The highest BCUT2D eigenvalue weighted by atomic mass is 15.2. The van der Waals surface area contributed by atoms with Crippen LogP contribution in [0.5, 0.6) is 0 Å². The molecule has 1 aliphatic rings. The maximum atomic E-state index is 6.40. The van der Waals surface area contributed by atoms with Crippen LogP contribution in [0.2, 0.25) is 0 Å². The van der Waals surface area contributed by atoms with Crippen molar-refractivity contribution >= 4 is 38.6 Å². The lowest BCUT2D eigenvalue weighted by Gasteiger charge is -2.28. The van der Waals surface area contributed by atoms with Crippen LogP contribution < -0.4 is 10.6 Å². The summed E-state index contributed by atoms with van der Waals surface area (Å²) in [7, 11) is 0. The molecule has 6 aromatic carbocycles. The number of nitrogens with zero attached hydrogens (tertiary/aromatic N) is 1. The summed E-state index contributed by atoms with van der Waals surface area (Å²) in [6.45, 7) is 6.58. The lowest BCUT2D eigenvalue weighted by Crippen LogP contribution is -2.17. The van der Waals surface area contributed by atoms with E-state index < -0.39 is 0 Å². The highest BCUT2D eigenvalue weighted by Crippen LogP contribution is 2.51. The zero-order chi connectivity index (χ0) is 26.5. The van der Waals surface area contributed by atoms with E-state index in [2.05, 4.69) is 115 Å². The van der Waals surface area contributed by atoms with Crippen molar-refractivity contribution in [2.24, 2.45) is 0 Å². The number of rotatable bonds is 6. The lowest BCUT2D eigenvalue weighted by atomic mass is 9.93. The molecule has 0 aliphatic heterocycles. The number of anilines is 3. The Labute approximate surface area is 229 Å². The first kappa shape index (κ1) is 23.3. The second-order valence-electron chi connectivity index (χ2n) is 10.4. The van der Waals surface area contributed by atoms with Crippen molar-refractivity contribution in [3.8, 4) is 33.4 Å². The van der Waals surface area contributed by atoms with Crippen LogP contribution in [0.4, 0.5) is 17.1 Å². The maximum absolute atomic E-state index is 6.40. The highest BCUT2D eigenvalue weighted by molar-refractivity contribution is 6.23. The summed E-state index contributed by atoms with van der Waals surface area (Å²) in [5.41, 5.74) is 18.0. The van der Waals surface area contributed by atoms with Crippen molar-refractivity contribution in [1.29, 1.82) is 0 Å². The van der Waals surface area contributed by atoms with Crippen molar-refractivity contribution in [3.05, 3.63) is 128 Å². The zero-order valence-corrected chi connectivity index (χ0v) is 22.1. The largest absolute Gasteiger partial charge is 0.397 e. The average Bonchev–Trinajstić information content (AvgIpc) is 3.31. The van der Waals surface area contributed by atoms with Crippen molar-refractivity contribution < 1.29 is 0 Å². The fourth-order valence-corrected chi connectivity index (χ4v) is 6.25. The number of nitrogen functional groups attached to an aromatic ring is 1. The van der Waals surface area contributed by atoms with E-state index in [1.807, 2.05) is 18.2 Å². The summed E-state index contributed by atoms with van der Waals surface area (Å²) in [5, 5.41) is 5.24. The molecule has 2 N–H and O–H groups in total. The smallest absolute Gasteiger partial charge is 0.0687 e. The third-order valence-corrected chi connectivity index (χ3v) is 8.00. The van der Waals surface area contributed by atoms with Gasteiger partial charge in [0.05, 0.1) is 11.4 Å². The molecule has 0 radical (unpaired) electrons. The van der Waals surface area contributed by atoms with Crippen molar-refractivity contribution in [2.45, 2.75) is 19.8 Å². The molecule has 2 heteroatoms. The first-order chi connectivity index (χ1) is 19.2. The van der Waals surface area contributed by atoms with E-state index in [1.54, 1.807) is 0 Å². The van der Waals surface area contributed by atoms with E-state index in [0.717, 1.165) is 35.6 Å². The highest BCUT2D eigenvalue weighted by Gasteiger charge is 2.24. The molecule has 1 aliphatic carbocycles. The van der Waals surface area contributed by atoms with Gasteiger partial charge in [-0.15, -0.1) is 0 Å². The maximum Gasteiger partial charge on any atom is 0.0687 e. The van der Waals surface area contributed by atoms with Crippen LogP contribution in [0.1, 0.15) is 19.8 Å². The zero-order valence-electron chi connectivity index (χ0n) is 22.1. The summed E-state index contributed by atoms with van der Waals surface area (Å²) in [5.74, 6) is 0. The summed E-state index contributed by atoms with van der Waals surface area (Å²) >= 11 is 0. The van der Waals surface area contributed by atoms with Crippen molar-refractivity contribution in [3.63, 3.8) is 0 Å². The fourth-order valence-electron chi connectivity index (χ4n) is 6.25. The molecule has 2 nitrogen and oxygen atoms in total. The van der Waals surface area contributed by atoms with Gasteiger partial charge in [-0.05, 0) is 85.6 Å². The Kier molecular flexibility index (Phi) is 5.49. The monoisotopic (exact) mass is 502 g/mol. The van der Waals surface area contributed by atoms with Gasteiger partial charge in [0.2, 0.25) is 0 Å². The van der Waals surface area contributed by atoms with Crippen LogP contribution in [0.15, 0.2) is 128 Å². The Morgan fingerprint density at radius 1 is 0.667 bits per heavy atom. The first-order valence-electron chi connectivity index (χ1n) is 13.7. The van der Waals surface area contributed by atoms with Gasteiger partial charge in [0.25, 0.3) is 0 Å². The number of nitrogens with two attached hydrogens (primary N) is 1. The Balaban J connectivity index is 1.35. The molecule has 0 bridgehead atoms. The number of hydrogen-bond donors (Lipinski definition) is 1. The topological polar surface area (TPSA) is 29.3 Å². The Morgan fingerprint density at radius 2 is 1.38 bits per heavy atom. The molecule has 0 saturated carbocycles. The molecule has 6 aromatic rings. The third kappa shape index (κ3) is 3.64. The third-order valence-electron chi connectivity index (χ3n) is 8.00. The van der Waals surface area contributed by atoms with Gasteiger partial charge in [-0.1, -0.05) is 111 Å². The fraction of sp³-hybridized carbons (Fsp3) is 0.0811. The molecule has 39 heavy (non-hydrogen) atoms. The van der Waals surface area contributed by atoms with Gasteiger partial charge >= 0.3 is 0 Å². The number of para-hydroxylation sites is 2. The normalized spacial score (nSPS) is 11.6. The summed E-state index contributed by atoms with van der Waals surface area (Å²) in [6, 6.07) is 41.4. The number of allylic oxidation sites excluding steroid dienone is 1. The van der Waals surface area contributed by atoms with Crippen LogP contribution in [0.25, 0.3) is 54.9 Å². The van der Waals surface area contributed by atoms with Gasteiger partial charge in [-0.25, -0.2) is 0 Å². The van der Waals surface area contributed by atoms with Gasteiger partial charge < -0.3 is 10.6 Å². The second kappa shape index (κ2) is 9.18. The minimum atomic E-state index is 0.749. The minimum Gasteiger partial charge on any atom is -0.397 e. The van der Waals surface area contributed by atoms with Crippen LogP contribution in [-0.2, 0) is 0 Å². The van der Waals surface area contributed by atoms with Crippen LogP contribution in [0, 0.1) is 0 Å². The molecule has 0 amide bonds. The molecular weight excluding hydrogens is 472 g/mol. The van der Waals surface area contributed by atoms with E-state index in [-0.39, 0.29) is 0 Å². The summed E-state index contributed by atoms with van der Waals surface area (Å²) in [4.78, 5) is 2.19. The number of benzene rings is 6. The quantitative estimate of drug-likeness (QED) is 0.229. The standard InChI is InChI=1S/C37H30N2/c1-3-9-24(2)39(35-15-7-6-14-34(35)38)27-19-16-26(17-20-27)28-22-23-33-36-29-11-5-4-10-25(29)18-21-32(36)31-13-8-12-30(28)37(31)33/h4-8,10-23H,2-3,9,38H2,1H3. The summed E-state index contributed by atoms with van der Waals surface area (Å²) < 4.78 is 0. The number of fused-ring (bicyclic) bond motifs is 5.